The smallest absolute Gasteiger partial charge is 0.160 e. The molecule has 108 valence electrons. The van der Waals surface area contributed by atoms with E-state index in [-0.39, 0.29) is 5.38 Å². The first-order valence-corrected chi connectivity index (χ1v) is 7.72. The quantitative estimate of drug-likeness (QED) is 0.664. The van der Waals surface area contributed by atoms with Crippen LogP contribution in [0.15, 0.2) is 29.0 Å². The summed E-state index contributed by atoms with van der Waals surface area (Å²) >= 11 is 9.68. The average Bonchev–Trinajstić information content (AvgIpc) is 2.77. The van der Waals surface area contributed by atoms with Crippen molar-refractivity contribution in [2.24, 2.45) is 0 Å². The van der Waals surface area contributed by atoms with Gasteiger partial charge >= 0.3 is 0 Å². The Hall–Kier alpha value is -1.53. The Bertz CT molecular complexity index is 799. The van der Waals surface area contributed by atoms with Crippen LogP contribution in [-0.4, -0.2) is 24.5 Å². The van der Waals surface area contributed by atoms with Crippen molar-refractivity contribution in [1.82, 2.24) is 24.5 Å². The van der Waals surface area contributed by atoms with Crippen LogP contribution in [0.3, 0.4) is 0 Å². The summed E-state index contributed by atoms with van der Waals surface area (Å²) in [5.41, 5.74) is 2.53. The van der Waals surface area contributed by atoms with Crippen LogP contribution >= 0.6 is 27.5 Å². The summed E-state index contributed by atoms with van der Waals surface area (Å²) in [6, 6.07) is 3.83. The van der Waals surface area contributed by atoms with Gasteiger partial charge in [-0.25, -0.2) is 19.9 Å². The van der Waals surface area contributed by atoms with Gasteiger partial charge in [0.15, 0.2) is 5.65 Å². The molecule has 3 aromatic heterocycles. The van der Waals surface area contributed by atoms with Crippen molar-refractivity contribution in [3.63, 3.8) is 0 Å². The van der Waals surface area contributed by atoms with E-state index in [1.54, 1.807) is 12.4 Å². The zero-order chi connectivity index (χ0) is 15.0. The van der Waals surface area contributed by atoms with Gasteiger partial charge in [-0.2, -0.15) is 0 Å². The van der Waals surface area contributed by atoms with Crippen LogP contribution < -0.4 is 0 Å². The monoisotopic (exact) mass is 365 g/mol. The molecular weight excluding hydrogens is 354 g/mol. The van der Waals surface area contributed by atoms with Crippen molar-refractivity contribution in [2.75, 3.05) is 0 Å². The number of hydrogen-bond donors (Lipinski definition) is 0. The lowest BCUT2D eigenvalue weighted by Gasteiger charge is -2.09. The molecule has 1 atom stereocenters. The first kappa shape index (κ1) is 14.4. The summed E-state index contributed by atoms with van der Waals surface area (Å²) in [4.78, 5) is 17.6. The molecule has 0 radical (unpaired) electrons. The molecule has 0 aliphatic rings. The highest BCUT2D eigenvalue weighted by molar-refractivity contribution is 9.10. The molecule has 0 aliphatic carbocycles. The van der Waals surface area contributed by atoms with Gasteiger partial charge in [-0.1, -0.05) is 0 Å². The minimum atomic E-state index is -0.207. The van der Waals surface area contributed by atoms with Gasteiger partial charge in [-0.15, -0.1) is 11.6 Å². The Balaban J connectivity index is 2.13. The second-order valence-electron chi connectivity index (χ2n) is 4.76. The molecule has 0 aliphatic heterocycles. The van der Waals surface area contributed by atoms with E-state index in [0.29, 0.717) is 6.54 Å². The Morgan fingerprint density at radius 3 is 2.86 bits per heavy atom. The Morgan fingerprint density at radius 1 is 1.33 bits per heavy atom. The number of nitrogens with zero attached hydrogens (tertiary/aromatic N) is 5. The predicted octanol–water partition coefficient (Wildman–Crippen LogP) is 3.64. The van der Waals surface area contributed by atoms with Gasteiger partial charge in [0.2, 0.25) is 0 Å². The lowest BCUT2D eigenvalue weighted by Crippen LogP contribution is -2.08. The third kappa shape index (κ3) is 2.91. The lowest BCUT2D eigenvalue weighted by molar-refractivity contribution is 0.715. The molecule has 3 aromatic rings. The zero-order valence-corrected chi connectivity index (χ0v) is 13.9. The molecule has 0 spiro atoms. The maximum Gasteiger partial charge on any atom is 0.160 e. The third-order valence-electron chi connectivity index (χ3n) is 3.09. The van der Waals surface area contributed by atoms with Gasteiger partial charge in [0.1, 0.15) is 17.2 Å². The zero-order valence-electron chi connectivity index (χ0n) is 11.6. The van der Waals surface area contributed by atoms with Crippen LogP contribution in [0.4, 0.5) is 0 Å². The number of fused-ring (bicyclic) bond motifs is 1. The number of aryl methyl sites for hydroxylation is 1. The van der Waals surface area contributed by atoms with Crippen LogP contribution in [0.5, 0.6) is 0 Å². The molecule has 0 saturated carbocycles. The molecule has 5 nitrogen and oxygen atoms in total. The summed E-state index contributed by atoms with van der Waals surface area (Å²) < 4.78 is 2.90. The van der Waals surface area contributed by atoms with Crippen molar-refractivity contribution >= 4 is 38.7 Å². The molecule has 0 saturated heterocycles. The molecule has 0 N–H and O–H groups in total. The number of aromatic nitrogens is 5. The number of imidazole rings is 1. The first-order valence-electron chi connectivity index (χ1n) is 6.49. The second-order valence-corrected chi connectivity index (χ2v) is 6.33. The van der Waals surface area contributed by atoms with Gasteiger partial charge < -0.3 is 4.57 Å². The molecule has 3 heterocycles. The fourth-order valence-corrected chi connectivity index (χ4v) is 2.70. The highest BCUT2D eigenvalue weighted by Gasteiger charge is 2.16. The minimum absolute atomic E-state index is 0.207. The van der Waals surface area contributed by atoms with E-state index in [1.807, 2.05) is 30.5 Å². The summed E-state index contributed by atoms with van der Waals surface area (Å²) in [7, 11) is 0. The third-order valence-corrected chi connectivity index (χ3v) is 3.72. The highest BCUT2D eigenvalue weighted by atomic mass is 79.9. The van der Waals surface area contributed by atoms with E-state index in [1.165, 1.54) is 0 Å². The molecule has 0 bridgehead atoms. The molecule has 0 fully saturated rings. The fourth-order valence-electron chi connectivity index (χ4n) is 2.22. The topological polar surface area (TPSA) is 56.5 Å². The first-order chi connectivity index (χ1) is 10.0. The average molecular weight is 367 g/mol. The largest absolute Gasteiger partial charge is 0.305 e. The van der Waals surface area contributed by atoms with Crippen molar-refractivity contribution in [1.29, 1.82) is 0 Å². The van der Waals surface area contributed by atoms with Crippen LogP contribution in [0, 0.1) is 6.92 Å². The number of pyridine rings is 1. The SMILES string of the molecule is Cc1nccc(Cn2c(C(C)Cl)nc3cc(Br)cnc32)n1. The Labute approximate surface area is 135 Å². The lowest BCUT2D eigenvalue weighted by atomic mass is 10.3. The van der Waals surface area contributed by atoms with Gasteiger partial charge in [-0.3, -0.25) is 0 Å². The maximum atomic E-state index is 6.26. The molecule has 0 amide bonds. The van der Waals surface area contributed by atoms with Gasteiger partial charge in [-0.05, 0) is 41.9 Å². The van der Waals surface area contributed by atoms with Gasteiger partial charge in [0.05, 0.1) is 17.6 Å². The van der Waals surface area contributed by atoms with E-state index in [0.717, 1.165) is 33.0 Å². The summed E-state index contributed by atoms with van der Waals surface area (Å²) in [6.45, 7) is 4.34. The molecule has 7 heteroatoms. The Kier molecular flexibility index (Phi) is 3.91. The van der Waals surface area contributed by atoms with Crippen LogP contribution in [-0.2, 0) is 6.54 Å². The van der Waals surface area contributed by atoms with Crippen molar-refractivity contribution < 1.29 is 0 Å². The number of hydrogen-bond acceptors (Lipinski definition) is 4. The van der Waals surface area contributed by atoms with Crippen molar-refractivity contribution in [3.05, 3.63) is 46.3 Å². The molecule has 0 aromatic carbocycles. The van der Waals surface area contributed by atoms with Gasteiger partial charge in [0, 0.05) is 16.9 Å². The summed E-state index contributed by atoms with van der Waals surface area (Å²) in [6.07, 6.45) is 3.51. The maximum absolute atomic E-state index is 6.26. The molecule has 3 rings (SSSR count). The highest BCUT2D eigenvalue weighted by Crippen LogP contribution is 2.25. The van der Waals surface area contributed by atoms with E-state index in [4.69, 9.17) is 11.6 Å². The normalized spacial score (nSPS) is 12.8. The standard InChI is InChI=1S/C14H13BrClN5/c1-8(16)13-20-12-5-10(15)6-18-14(12)21(13)7-11-3-4-17-9(2)19-11/h3-6,8H,7H2,1-2H3. The second kappa shape index (κ2) is 5.69. The minimum Gasteiger partial charge on any atom is -0.305 e. The van der Waals surface area contributed by atoms with Crippen molar-refractivity contribution in [3.8, 4) is 0 Å². The number of halogens is 2. The molecule has 1 unspecified atom stereocenters. The number of alkyl halides is 1. The van der Waals surface area contributed by atoms with E-state index >= 15 is 0 Å². The van der Waals surface area contributed by atoms with Crippen LogP contribution in [0.2, 0.25) is 0 Å². The Morgan fingerprint density at radius 2 is 2.14 bits per heavy atom. The van der Waals surface area contributed by atoms with Crippen LogP contribution in [0.25, 0.3) is 11.2 Å². The van der Waals surface area contributed by atoms with E-state index < -0.39 is 0 Å². The van der Waals surface area contributed by atoms with E-state index in [9.17, 15) is 0 Å². The number of rotatable bonds is 3. The van der Waals surface area contributed by atoms with Crippen molar-refractivity contribution in [2.45, 2.75) is 25.8 Å². The summed E-state index contributed by atoms with van der Waals surface area (Å²) in [5.74, 6) is 1.53. The molecule has 21 heavy (non-hydrogen) atoms. The van der Waals surface area contributed by atoms with Gasteiger partial charge in [0.25, 0.3) is 0 Å². The predicted molar refractivity (Wildman–Crippen MR) is 85.4 cm³/mol. The van der Waals surface area contributed by atoms with Crippen LogP contribution in [0.1, 0.15) is 29.6 Å². The molecular formula is C14H13BrClN5. The summed E-state index contributed by atoms with van der Waals surface area (Å²) in [5, 5.41) is -0.207. The van der Waals surface area contributed by atoms with E-state index in [2.05, 4.69) is 35.9 Å². The fraction of sp³-hybridized carbons (Fsp3) is 0.286.